The fourth-order valence-corrected chi connectivity index (χ4v) is 1.57. The van der Waals surface area contributed by atoms with Crippen molar-refractivity contribution in [3.63, 3.8) is 0 Å². The van der Waals surface area contributed by atoms with E-state index in [9.17, 15) is 9.59 Å². The molecule has 0 radical (unpaired) electrons. The molecule has 2 aromatic rings. The van der Waals surface area contributed by atoms with Gasteiger partial charge in [-0.1, -0.05) is 0 Å². The zero-order chi connectivity index (χ0) is 13.8. The Kier molecular flexibility index (Phi) is 3.66. The van der Waals surface area contributed by atoms with Crippen molar-refractivity contribution in [1.29, 1.82) is 0 Å². The normalized spacial score (nSPS) is 10.8. The molecule has 0 saturated heterocycles. The van der Waals surface area contributed by atoms with E-state index in [-0.39, 0.29) is 11.5 Å². The Morgan fingerprint density at radius 3 is 2.95 bits per heavy atom. The van der Waals surface area contributed by atoms with E-state index in [0.717, 1.165) is 5.56 Å². The van der Waals surface area contributed by atoms with Crippen LogP contribution in [0.25, 0.3) is 6.08 Å². The van der Waals surface area contributed by atoms with Crippen molar-refractivity contribution < 1.29 is 9.21 Å². The number of nitrogens with one attached hydrogen (secondary N) is 1. The quantitative estimate of drug-likeness (QED) is 0.856. The first-order chi connectivity index (χ1) is 9.06. The van der Waals surface area contributed by atoms with E-state index in [1.54, 1.807) is 38.4 Å². The van der Waals surface area contributed by atoms with Crippen LogP contribution in [0.5, 0.6) is 0 Å². The van der Waals surface area contributed by atoms with E-state index in [1.165, 1.54) is 23.0 Å². The number of furan rings is 1. The summed E-state index contributed by atoms with van der Waals surface area (Å²) in [6.45, 7) is 1.77. The Hall–Kier alpha value is -2.56. The van der Waals surface area contributed by atoms with E-state index in [4.69, 9.17) is 4.42 Å². The molecule has 2 heterocycles. The van der Waals surface area contributed by atoms with Crippen molar-refractivity contribution in [2.75, 3.05) is 5.32 Å². The first-order valence-electron chi connectivity index (χ1n) is 5.76. The number of aromatic nitrogens is 1. The molecule has 0 spiro atoms. The van der Waals surface area contributed by atoms with Crippen molar-refractivity contribution in [2.45, 2.75) is 6.92 Å². The van der Waals surface area contributed by atoms with Gasteiger partial charge in [0.15, 0.2) is 0 Å². The third-order valence-electron chi connectivity index (χ3n) is 2.64. The van der Waals surface area contributed by atoms with Crippen LogP contribution < -0.4 is 10.9 Å². The Balaban J connectivity index is 2.11. The highest BCUT2D eigenvalue weighted by Crippen LogP contribution is 2.11. The van der Waals surface area contributed by atoms with E-state index < -0.39 is 0 Å². The van der Waals surface area contributed by atoms with Crippen LogP contribution >= 0.6 is 0 Å². The second-order valence-corrected chi connectivity index (χ2v) is 4.16. The second-order valence-electron chi connectivity index (χ2n) is 4.16. The summed E-state index contributed by atoms with van der Waals surface area (Å²) in [5.41, 5.74) is 1.22. The fourth-order valence-electron chi connectivity index (χ4n) is 1.57. The largest absolute Gasteiger partial charge is 0.465 e. The molecule has 19 heavy (non-hydrogen) atoms. The number of amides is 1. The van der Waals surface area contributed by atoms with Gasteiger partial charge in [0.1, 0.15) is 5.76 Å². The van der Waals surface area contributed by atoms with Crippen molar-refractivity contribution in [1.82, 2.24) is 4.57 Å². The van der Waals surface area contributed by atoms with Gasteiger partial charge in [0, 0.05) is 25.4 Å². The molecular formula is C14H14N2O3. The maximum Gasteiger partial charge on any atom is 0.250 e. The monoisotopic (exact) mass is 258 g/mol. The minimum Gasteiger partial charge on any atom is -0.465 e. The SMILES string of the molecule is Cc1cc(=O)n(C)cc1NC(=O)C=Cc1ccco1. The van der Waals surface area contributed by atoms with Gasteiger partial charge in [0.2, 0.25) is 5.91 Å². The third-order valence-corrected chi connectivity index (χ3v) is 2.64. The van der Waals surface area contributed by atoms with Crippen molar-refractivity contribution in [2.24, 2.45) is 7.05 Å². The van der Waals surface area contributed by atoms with Crippen LogP contribution in [0.4, 0.5) is 5.69 Å². The standard InChI is InChI=1S/C14H14N2O3/c1-10-8-14(18)16(2)9-12(10)15-13(17)6-5-11-4-3-7-19-11/h3-9H,1-2H3,(H,15,17). The molecule has 5 nitrogen and oxygen atoms in total. The predicted octanol–water partition coefficient (Wildman–Crippen LogP) is 1.94. The molecule has 0 saturated carbocycles. The maximum atomic E-state index is 11.7. The highest BCUT2D eigenvalue weighted by atomic mass is 16.3. The maximum absolute atomic E-state index is 11.7. The summed E-state index contributed by atoms with van der Waals surface area (Å²) >= 11 is 0. The van der Waals surface area contributed by atoms with Crippen molar-refractivity contribution in [3.8, 4) is 0 Å². The van der Waals surface area contributed by atoms with Gasteiger partial charge in [-0.05, 0) is 30.7 Å². The van der Waals surface area contributed by atoms with Crippen LogP contribution in [0.3, 0.4) is 0 Å². The van der Waals surface area contributed by atoms with E-state index >= 15 is 0 Å². The highest BCUT2D eigenvalue weighted by molar-refractivity contribution is 6.02. The molecule has 0 fully saturated rings. The summed E-state index contributed by atoms with van der Waals surface area (Å²) in [6, 6.07) is 4.97. The van der Waals surface area contributed by atoms with Gasteiger partial charge in [-0.2, -0.15) is 0 Å². The Bertz CT molecular complexity index is 666. The molecule has 5 heteroatoms. The smallest absolute Gasteiger partial charge is 0.250 e. The Labute approximate surface area is 110 Å². The first kappa shape index (κ1) is 12.9. The predicted molar refractivity (Wildman–Crippen MR) is 72.8 cm³/mol. The lowest BCUT2D eigenvalue weighted by Gasteiger charge is -2.07. The molecule has 0 aliphatic heterocycles. The molecular weight excluding hydrogens is 244 g/mol. The lowest BCUT2D eigenvalue weighted by atomic mass is 10.2. The molecule has 2 aromatic heterocycles. The number of nitrogens with zero attached hydrogens (tertiary/aromatic N) is 1. The number of hydrogen-bond acceptors (Lipinski definition) is 3. The number of carbonyl (C=O) groups excluding carboxylic acids is 1. The average Bonchev–Trinajstić information content (AvgIpc) is 2.86. The van der Waals surface area contributed by atoms with E-state index in [1.807, 2.05) is 0 Å². The van der Waals surface area contributed by atoms with Gasteiger partial charge in [-0.3, -0.25) is 9.59 Å². The summed E-state index contributed by atoms with van der Waals surface area (Å²) < 4.78 is 6.50. The van der Waals surface area contributed by atoms with E-state index in [0.29, 0.717) is 11.4 Å². The number of pyridine rings is 1. The summed E-state index contributed by atoms with van der Waals surface area (Å²) in [7, 11) is 1.64. The van der Waals surface area contributed by atoms with Gasteiger partial charge < -0.3 is 14.3 Å². The van der Waals surface area contributed by atoms with Crippen molar-refractivity contribution in [3.05, 3.63) is 58.4 Å². The number of aryl methyl sites for hydroxylation is 2. The summed E-state index contributed by atoms with van der Waals surface area (Å²) in [6.07, 6.45) is 6.08. The van der Waals surface area contributed by atoms with Crippen molar-refractivity contribution >= 4 is 17.7 Å². The van der Waals surface area contributed by atoms with Gasteiger partial charge in [-0.15, -0.1) is 0 Å². The molecule has 0 aliphatic rings. The van der Waals surface area contributed by atoms with Gasteiger partial charge in [0.05, 0.1) is 12.0 Å². The molecule has 0 aliphatic carbocycles. The Morgan fingerprint density at radius 1 is 1.47 bits per heavy atom. The number of anilines is 1. The molecule has 1 amide bonds. The van der Waals surface area contributed by atoms with Crippen LogP contribution in [-0.2, 0) is 11.8 Å². The van der Waals surface area contributed by atoms with Gasteiger partial charge in [0.25, 0.3) is 5.56 Å². The highest BCUT2D eigenvalue weighted by Gasteiger charge is 2.04. The molecule has 98 valence electrons. The van der Waals surface area contributed by atoms with Gasteiger partial charge in [-0.25, -0.2) is 0 Å². The zero-order valence-electron chi connectivity index (χ0n) is 10.7. The minimum absolute atomic E-state index is 0.110. The second kappa shape index (κ2) is 5.39. The molecule has 0 atom stereocenters. The lowest BCUT2D eigenvalue weighted by molar-refractivity contribution is -0.111. The molecule has 0 aromatic carbocycles. The molecule has 1 N–H and O–H groups in total. The van der Waals surface area contributed by atoms with Crippen LogP contribution in [0.15, 0.2) is 45.9 Å². The zero-order valence-corrected chi connectivity index (χ0v) is 10.7. The number of hydrogen-bond donors (Lipinski definition) is 1. The minimum atomic E-state index is -0.279. The number of rotatable bonds is 3. The van der Waals surface area contributed by atoms with Crippen LogP contribution in [-0.4, -0.2) is 10.5 Å². The summed E-state index contributed by atoms with van der Waals surface area (Å²) in [5, 5.41) is 2.71. The van der Waals surface area contributed by atoms with Crippen LogP contribution in [0.2, 0.25) is 0 Å². The lowest BCUT2D eigenvalue weighted by Crippen LogP contribution is -2.18. The molecule has 0 bridgehead atoms. The Morgan fingerprint density at radius 2 is 2.26 bits per heavy atom. The van der Waals surface area contributed by atoms with Crippen LogP contribution in [0, 0.1) is 6.92 Å². The first-order valence-corrected chi connectivity index (χ1v) is 5.76. The summed E-state index contributed by atoms with van der Waals surface area (Å²) in [4.78, 5) is 23.1. The van der Waals surface area contributed by atoms with Gasteiger partial charge >= 0.3 is 0 Å². The van der Waals surface area contributed by atoms with Crippen LogP contribution in [0.1, 0.15) is 11.3 Å². The third kappa shape index (κ3) is 3.22. The fraction of sp³-hybridized carbons (Fsp3) is 0.143. The number of carbonyl (C=O) groups is 1. The van der Waals surface area contributed by atoms with E-state index in [2.05, 4.69) is 5.32 Å². The molecule has 0 unspecified atom stereocenters. The topological polar surface area (TPSA) is 64.2 Å². The molecule has 2 rings (SSSR count). The summed E-state index contributed by atoms with van der Waals surface area (Å²) in [5.74, 6) is 0.325. The average molecular weight is 258 g/mol.